The molecule has 0 spiro atoms. The summed E-state index contributed by atoms with van der Waals surface area (Å²) in [5.74, 6) is 2.04. The van der Waals surface area contributed by atoms with Gasteiger partial charge in [-0.25, -0.2) is 15.0 Å². The van der Waals surface area contributed by atoms with Crippen LogP contribution in [-0.2, 0) is 0 Å². The van der Waals surface area contributed by atoms with E-state index in [-0.39, 0.29) is 12.1 Å². The van der Waals surface area contributed by atoms with Crippen molar-refractivity contribution < 1.29 is 4.74 Å². The molecule has 0 unspecified atom stereocenters. The maximum atomic E-state index is 9.23. The zero-order valence-electron chi connectivity index (χ0n) is 17.3. The number of ether oxygens (including phenoxy) is 1. The second-order valence-corrected chi connectivity index (χ2v) is 8.15. The Bertz CT molecular complexity index is 956. The Balaban J connectivity index is 1.68. The molecule has 0 amide bonds. The van der Waals surface area contributed by atoms with Gasteiger partial charge in [-0.15, -0.1) is 0 Å². The Hall–Kier alpha value is -2.94. The molecule has 4 rings (SSSR count). The second-order valence-electron chi connectivity index (χ2n) is 8.15. The average molecular weight is 390 g/mol. The molecule has 1 saturated carbocycles. The SMILES string of the molecule is Cc1nc(N2N=C(c3cccc(OC(C)C)n3)C[C@@H]2C2CCCC2)ccc1C#N. The van der Waals surface area contributed by atoms with Gasteiger partial charge in [-0.3, -0.25) is 0 Å². The van der Waals surface area contributed by atoms with Crippen molar-refractivity contribution in [2.45, 2.75) is 65.0 Å². The van der Waals surface area contributed by atoms with E-state index in [0.29, 0.717) is 17.4 Å². The summed E-state index contributed by atoms with van der Waals surface area (Å²) in [5, 5.41) is 16.3. The first-order valence-electron chi connectivity index (χ1n) is 10.4. The average Bonchev–Trinajstić information content (AvgIpc) is 3.37. The highest BCUT2D eigenvalue weighted by Gasteiger charge is 2.37. The van der Waals surface area contributed by atoms with Gasteiger partial charge in [0.05, 0.1) is 34.8 Å². The van der Waals surface area contributed by atoms with Crippen molar-refractivity contribution in [1.29, 1.82) is 5.26 Å². The smallest absolute Gasteiger partial charge is 0.214 e. The van der Waals surface area contributed by atoms with Crippen molar-refractivity contribution in [2.75, 3.05) is 5.01 Å². The molecule has 2 aromatic rings. The fourth-order valence-corrected chi connectivity index (χ4v) is 4.29. The molecule has 2 aromatic heterocycles. The molecule has 6 nitrogen and oxygen atoms in total. The summed E-state index contributed by atoms with van der Waals surface area (Å²) in [6.07, 6.45) is 5.94. The quantitative estimate of drug-likeness (QED) is 0.746. The highest BCUT2D eigenvalue weighted by atomic mass is 16.5. The van der Waals surface area contributed by atoms with Crippen molar-refractivity contribution >= 4 is 11.5 Å². The van der Waals surface area contributed by atoms with Crippen molar-refractivity contribution in [1.82, 2.24) is 9.97 Å². The topological polar surface area (TPSA) is 74.4 Å². The van der Waals surface area contributed by atoms with E-state index in [1.54, 1.807) is 0 Å². The Morgan fingerprint density at radius 2 is 1.93 bits per heavy atom. The van der Waals surface area contributed by atoms with Gasteiger partial charge in [0, 0.05) is 12.5 Å². The van der Waals surface area contributed by atoms with Crippen LogP contribution in [0.3, 0.4) is 0 Å². The van der Waals surface area contributed by atoms with E-state index in [4.69, 9.17) is 9.84 Å². The molecular weight excluding hydrogens is 362 g/mol. The number of hydrogen-bond acceptors (Lipinski definition) is 6. The first kappa shape index (κ1) is 19.4. The van der Waals surface area contributed by atoms with Crippen molar-refractivity contribution in [3.63, 3.8) is 0 Å². The summed E-state index contributed by atoms with van der Waals surface area (Å²) in [6.45, 7) is 5.87. The molecule has 1 aliphatic heterocycles. The monoisotopic (exact) mass is 389 g/mol. The van der Waals surface area contributed by atoms with Gasteiger partial charge in [0.25, 0.3) is 0 Å². The van der Waals surface area contributed by atoms with Crippen LogP contribution in [0.4, 0.5) is 5.82 Å². The molecule has 1 atom stereocenters. The number of nitrogens with zero attached hydrogens (tertiary/aromatic N) is 5. The molecule has 6 heteroatoms. The molecule has 0 saturated heterocycles. The standard InChI is InChI=1S/C23H27N5O/c1-15(2)29-23-10-6-9-19(26-23)20-13-21(17-7-4-5-8-17)28(27-20)22-12-11-18(14-24)16(3)25-22/h6,9-12,15,17,21H,4-5,7-8,13H2,1-3H3/t21-/m1/s1. The molecule has 29 heavy (non-hydrogen) atoms. The van der Waals surface area contributed by atoms with Gasteiger partial charge in [0.15, 0.2) is 0 Å². The van der Waals surface area contributed by atoms with Crippen LogP contribution in [0.5, 0.6) is 5.88 Å². The predicted octanol–water partition coefficient (Wildman–Crippen LogP) is 4.62. The van der Waals surface area contributed by atoms with E-state index in [0.717, 1.165) is 29.3 Å². The van der Waals surface area contributed by atoms with Crippen molar-refractivity contribution in [3.8, 4) is 11.9 Å². The first-order chi connectivity index (χ1) is 14.0. The Labute approximate surface area is 172 Å². The number of aromatic nitrogens is 2. The number of anilines is 1. The van der Waals surface area contributed by atoms with Crippen LogP contribution in [-0.4, -0.2) is 27.8 Å². The maximum absolute atomic E-state index is 9.23. The molecule has 0 aromatic carbocycles. The lowest BCUT2D eigenvalue weighted by Crippen LogP contribution is -2.33. The Morgan fingerprint density at radius 3 is 2.62 bits per heavy atom. The highest BCUT2D eigenvalue weighted by molar-refractivity contribution is 6.01. The minimum atomic E-state index is 0.0804. The highest BCUT2D eigenvalue weighted by Crippen LogP contribution is 2.37. The minimum absolute atomic E-state index is 0.0804. The summed E-state index contributed by atoms with van der Waals surface area (Å²) >= 11 is 0. The normalized spacial score (nSPS) is 19.5. The van der Waals surface area contributed by atoms with E-state index in [1.807, 2.05) is 51.1 Å². The third-order valence-electron chi connectivity index (χ3n) is 5.69. The number of aryl methyl sites for hydroxylation is 1. The number of pyridine rings is 2. The molecule has 0 radical (unpaired) electrons. The maximum Gasteiger partial charge on any atom is 0.214 e. The van der Waals surface area contributed by atoms with Crippen LogP contribution in [0.2, 0.25) is 0 Å². The number of nitriles is 1. The summed E-state index contributed by atoms with van der Waals surface area (Å²) in [7, 11) is 0. The van der Waals surface area contributed by atoms with Crippen LogP contribution in [0.1, 0.15) is 62.9 Å². The third-order valence-corrected chi connectivity index (χ3v) is 5.69. The van der Waals surface area contributed by atoms with E-state index in [1.165, 1.54) is 25.7 Å². The molecule has 1 fully saturated rings. The van der Waals surface area contributed by atoms with E-state index < -0.39 is 0 Å². The van der Waals surface area contributed by atoms with Gasteiger partial charge < -0.3 is 4.74 Å². The van der Waals surface area contributed by atoms with Gasteiger partial charge in [0.1, 0.15) is 11.9 Å². The van der Waals surface area contributed by atoms with Gasteiger partial charge in [-0.05, 0) is 57.7 Å². The van der Waals surface area contributed by atoms with Crippen LogP contribution in [0.25, 0.3) is 0 Å². The lowest BCUT2D eigenvalue weighted by atomic mass is 9.93. The first-order valence-corrected chi connectivity index (χ1v) is 10.4. The van der Waals surface area contributed by atoms with Crippen molar-refractivity contribution in [3.05, 3.63) is 47.3 Å². The van der Waals surface area contributed by atoms with Crippen LogP contribution in [0.15, 0.2) is 35.4 Å². The zero-order valence-corrected chi connectivity index (χ0v) is 17.3. The number of hydrogen-bond donors (Lipinski definition) is 0. The molecular formula is C23H27N5O. The second kappa shape index (κ2) is 8.20. The Morgan fingerprint density at radius 1 is 1.14 bits per heavy atom. The predicted molar refractivity (Wildman–Crippen MR) is 113 cm³/mol. The van der Waals surface area contributed by atoms with E-state index in [9.17, 15) is 5.26 Å². The molecule has 1 aliphatic carbocycles. The molecule has 150 valence electrons. The van der Waals surface area contributed by atoms with Crippen LogP contribution >= 0.6 is 0 Å². The van der Waals surface area contributed by atoms with E-state index >= 15 is 0 Å². The lowest BCUT2D eigenvalue weighted by Gasteiger charge is -2.27. The van der Waals surface area contributed by atoms with Crippen molar-refractivity contribution in [2.24, 2.45) is 11.0 Å². The zero-order chi connectivity index (χ0) is 20.4. The van der Waals surface area contributed by atoms with Crippen LogP contribution < -0.4 is 9.75 Å². The fraction of sp³-hybridized carbons (Fsp3) is 0.478. The largest absolute Gasteiger partial charge is 0.475 e. The number of rotatable bonds is 5. The summed E-state index contributed by atoms with van der Waals surface area (Å²) in [5.41, 5.74) is 3.18. The van der Waals surface area contributed by atoms with E-state index in [2.05, 4.69) is 21.0 Å². The van der Waals surface area contributed by atoms with Gasteiger partial charge in [0.2, 0.25) is 5.88 Å². The third kappa shape index (κ3) is 4.09. The molecule has 0 bridgehead atoms. The lowest BCUT2D eigenvalue weighted by molar-refractivity contribution is 0.232. The summed E-state index contributed by atoms with van der Waals surface area (Å²) < 4.78 is 5.77. The minimum Gasteiger partial charge on any atom is -0.475 e. The molecule has 2 aliphatic rings. The van der Waals surface area contributed by atoms with Crippen LogP contribution in [0, 0.1) is 24.2 Å². The number of hydrazone groups is 1. The Kier molecular flexibility index (Phi) is 5.48. The summed E-state index contributed by atoms with van der Waals surface area (Å²) in [6, 6.07) is 12.1. The van der Waals surface area contributed by atoms with Gasteiger partial charge in [-0.1, -0.05) is 18.9 Å². The molecule has 3 heterocycles. The van der Waals surface area contributed by atoms with Gasteiger partial charge >= 0.3 is 0 Å². The van der Waals surface area contributed by atoms with Gasteiger partial charge in [-0.2, -0.15) is 10.4 Å². The fourth-order valence-electron chi connectivity index (χ4n) is 4.29. The molecule has 0 N–H and O–H groups in total. The summed E-state index contributed by atoms with van der Waals surface area (Å²) in [4.78, 5) is 9.37.